The number of unbranched alkanes of at least 4 members (excludes halogenated alkanes) is 1. The highest BCUT2D eigenvalue weighted by molar-refractivity contribution is 7.99. The molecule has 1 N–H and O–H groups in total. The topological polar surface area (TPSA) is 69.2 Å². The lowest BCUT2D eigenvalue weighted by atomic mass is 10.1. The van der Waals surface area contributed by atoms with E-state index in [4.69, 9.17) is 9.47 Å². The Morgan fingerprint density at radius 1 is 1.13 bits per heavy atom. The van der Waals surface area contributed by atoms with Crippen LogP contribution in [0.3, 0.4) is 0 Å². The Bertz CT molecular complexity index is 1020. The molecular formula is C23H24N4O2S. The van der Waals surface area contributed by atoms with Gasteiger partial charge in [0.1, 0.15) is 5.75 Å². The van der Waals surface area contributed by atoms with Crippen molar-refractivity contribution in [1.82, 2.24) is 15.2 Å². The van der Waals surface area contributed by atoms with Crippen molar-refractivity contribution >= 4 is 23.5 Å². The predicted molar refractivity (Wildman–Crippen MR) is 121 cm³/mol. The Balaban J connectivity index is 1.61. The molecule has 0 amide bonds. The number of nitrogens with one attached hydrogen (secondary N) is 1. The molecule has 7 heteroatoms. The zero-order valence-corrected chi connectivity index (χ0v) is 17.9. The van der Waals surface area contributed by atoms with Crippen LogP contribution in [0.2, 0.25) is 0 Å². The van der Waals surface area contributed by atoms with Crippen molar-refractivity contribution in [3.05, 3.63) is 60.2 Å². The summed E-state index contributed by atoms with van der Waals surface area (Å²) in [6.45, 7) is 2.17. The third-order valence-corrected chi connectivity index (χ3v) is 5.59. The number of benzene rings is 2. The summed E-state index contributed by atoms with van der Waals surface area (Å²) in [6, 6.07) is 15.8. The maximum atomic E-state index is 6.20. The molecule has 6 nitrogen and oxygen atoms in total. The minimum atomic E-state index is -0.389. The molecule has 1 aromatic heterocycles. The number of fused-ring (bicyclic) bond motifs is 3. The summed E-state index contributed by atoms with van der Waals surface area (Å²) in [5, 5.41) is 12.8. The maximum Gasteiger partial charge on any atom is 0.247 e. The summed E-state index contributed by atoms with van der Waals surface area (Å²) in [5.41, 5.74) is 3.56. The first kappa shape index (κ1) is 20.2. The van der Waals surface area contributed by atoms with Crippen molar-refractivity contribution in [3.63, 3.8) is 0 Å². The number of anilines is 1. The van der Waals surface area contributed by atoms with Crippen molar-refractivity contribution in [1.29, 1.82) is 0 Å². The number of hydrogen-bond acceptors (Lipinski definition) is 7. The standard InChI is InChI=1S/C23H24N4O2S/c1-3-4-15-30-23-25-22-21(26-27-23)18-7-5-6-8-19(18)24-20(29-22)14-11-16-9-12-17(28-2)13-10-16/h5-14,20,24H,3-4,15H2,1-2H3/b14-11+/t20-/m1/s1. The van der Waals surface area contributed by atoms with Gasteiger partial charge in [0.2, 0.25) is 11.0 Å². The first-order valence-corrected chi connectivity index (χ1v) is 11.0. The van der Waals surface area contributed by atoms with Crippen molar-refractivity contribution in [2.75, 3.05) is 18.2 Å². The number of thioether (sulfide) groups is 1. The van der Waals surface area contributed by atoms with E-state index in [2.05, 4.69) is 27.4 Å². The third-order valence-electron chi connectivity index (χ3n) is 4.66. The second kappa shape index (κ2) is 9.63. The molecule has 0 unspecified atom stereocenters. The van der Waals surface area contributed by atoms with E-state index < -0.39 is 0 Å². The zero-order valence-electron chi connectivity index (χ0n) is 17.0. The van der Waals surface area contributed by atoms with Crippen LogP contribution in [0.1, 0.15) is 25.3 Å². The van der Waals surface area contributed by atoms with Crippen LogP contribution < -0.4 is 14.8 Å². The maximum absolute atomic E-state index is 6.20. The molecule has 0 saturated heterocycles. The molecule has 1 aliphatic rings. The minimum Gasteiger partial charge on any atom is -0.497 e. The first-order valence-electron chi connectivity index (χ1n) is 9.99. The Morgan fingerprint density at radius 3 is 2.77 bits per heavy atom. The molecule has 30 heavy (non-hydrogen) atoms. The summed E-state index contributed by atoms with van der Waals surface area (Å²) in [5.74, 6) is 2.28. The van der Waals surface area contributed by atoms with Crippen LogP contribution in [0, 0.1) is 0 Å². The van der Waals surface area contributed by atoms with E-state index in [1.165, 1.54) is 0 Å². The van der Waals surface area contributed by atoms with Crippen LogP contribution in [-0.4, -0.2) is 34.3 Å². The van der Waals surface area contributed by atoms with Gasteiger partial charge in [-0.15, -0.1) is 10.2 Å². The number of aromatic nitrogens is 3. The number of rotatable bonds is 7. The van der Waals surface area contributed by atoms with Crippen molar-refractivity contribution < 1.29 is 9.47 Å². The summed E-state index contributed by atoms with van der Waals surface area (Å²) in [6.07, 6.45) is 5.84. The van der Waals surface area contributed by atoms with Crippen LogP contribution in [0.25, 0.3) is 17.3 Å². The number of para-hydroxylation sites is 1. The van der Waals surface area contributed by atoms with Gasteiger partial charge in [-0.25, -0.2) is 0 Å². The first-order chi connectivity index (χ1) is 14.8. The van der Waals surface area contributed by atoms with E-state index >= 15 is 0 Å². The largest absolute Gasteiger partial charge is 0.497 e. The molecule has 3 aromatic rings. The highest BCUT2D eigenvalue weighted by Gasteiger charge is 2.23. The van der Waals surface area contributed by atoms with Crippen LogP contribution in [0.15, 0.2) is 59.8 Å². The van der Waals surface area contributed by atoms with E-state index in [9.17, 15) is 0 Å². The van der Waals surface area contributed by atoms with Crippen LogP contribution in [0.5, 0.6) is 11.6 Å². The monoisotopic (exact) mass is 420 g/mol. The summed E-state index contributed by atoms with van der Waals surface area (Å²) >= 11 is 1.61. The predicted octanol–water partition coefficient (Wildman–Crippen LogP) is 5.28. The van der Waals surface area contributed by atoms with Gasteiger partial charge in [0.05, 0.1) is 7.11 Å². The van der Waals surface area contributed by atoms with Gasteiger partial charge in [0, 0.05) is 17.0 Å². The lowest BCUT2D eigenvalue weighted by molar-refractivity contribution is 0.266. The Morgan fingerprint density at radius 2 is 1.97 bits per heavy atom. The zero-order chi connectivity index (χ0) is 20.8. The second-order valence-corrected chi connectivity index (χ2v) is 7.87. The van der Waals surface area contributed by atoms with E-state index in [0.717, 1.165) is 41.2 Å². The lowest BCUT2D eigenvalue weighted by Crippen LogP contribution is -2.23. The smallest absolute Gasteiger partial charge is 0.247 e. The van der Waals surface area contributed by atoms with Gasteiger partial charge in [-0.1, -0.05) is 61.5 Å². The lowest BCUT2D eigenvalue weighted by Gasteiger charge is -2.15. The highest BCUT2D eigenvalue weighted by Crippen LogP contribution is 2.36. The van der Waals surface area contributed by atoms with Gasteiger partial charge in [0.15, 0.2) is 11.9 Å². The molecule has 4 rings (SSSR count). The SMILES string of the molecule is CCCCSc1nnc2c(n1)O[C@H](/C=C/c1ccc(OC)cc1)Nc1ccccc1-2. The molecule has 1 atom stereocenters. The van der Waals surface area contributed by atoms with Crippen LogP contribution in [-0.2, 0) is 0 Å². The Hall–Kier alpha value is -3.06. The molecular weight excluding hydrogens is 396 g/mol. The van der Waals surface area contributed by atoms with E-state index in [0.29, 0.717) is 16.7 Å². The molecule has 1 aliphatic heterocycles. The number of hydrogen-bond donors (Lipinski definition) is 1. The molecule has 0 fully saturated rings. The Kier molecular flexibility index (Phi) is 6.49. The fourth-order valence-electron chi connectivity index (χ4n) is 3.04. The molecule has 0 saturated carbocycles. The van der Waals surface area contributed by atoms with Crippen LogP contribution >= 0.6 is 11.8 Å². The minimum absolute atomic E-state index is 0.389. The highest BCUT2D eigenvalue weighted by atomic mass is 32.2. The van der Waals surface area contributed by atoms with Crippen molar-refractivity contribution in [3.8, 4) is 22.9 Å². The quantitative estimate of drug-likeness (QED) is 0.412. The number of ether oxygens (including phenoxy) is 2. The van der Waals surface area contributed by atoms with E-state index in [1.54, 1.807) is 18.9 Å². The molecule has 0 spiro atoms. The van der Waals surface area contributed by atoms with E-state index in [1.807, 2.05) is 60.7 Å². The molecule has 0 aliphatic carbocycles. The van der Waals surface area contributed by atoms with E-state index in [-0.39, 0.29) is 6.23 Å². The van der Waals surface area contributed by atoms with Gasteiger partial charge < -0.3 is 14.8 Å². The Labute approximate surface area is 180 Å². The summed E-state index contributed by atoms with van der Waals surface area (Å²) in [7, 11) is 1.66. The molecule has 2 aromatic carbocycles. The molecule has 0 radical (unpaired) electrons. The summed E-state index contributed by atoms with van der Waals surface area (Å²) < 4.78 is 11.4. The average Bonchev–Trinajstić information content (AvgIpc) is 2.94. The molecule has 154 valence electrons. The number of nitrogens with zero attached hydrogens (tertiary/aromatic N) is 3. The third kappa shape index (κ3) is 4.74. The van der Waals surface area contributed by atoms with Gasteiger partial charge in [0.25, 0.3) is 0 Å². The normalized spacial score (nSPS) is 14.9. The van der Waals surface area contributed by atoms with Gasteiger partial charge in [-0.3, -0.25) is 0 Å². The second-order valence-electron chi connectivity index (χ2n) is 6.81. The van der Waals surface area contributed by atoms with Crippen molar-refractivity contribution in [2.45, 2.75) is 31.1 Å². The van der Waals surface area contributed by atoms with Crippen molar-refractivity contribution in [2.24, 2.45) is 0 Å². The van der Waals surface area contributed by atoms with Crippen LogP contribution in [0.4, 0.5) is 5.69 Å². The number of methoxy groups -OCH3 is 1. The summed E-state index contributed by atoms with van der Waals surface area (Å²) in [4.78, 5) is 4.65. The fourth-order valence-corrected chi connectivity index (χ4v) is 3.90. The van der Waals surface area contributed by atoms with Gasteiger partial charge >= 0.3 is 0 Å². The molecule has 2 heterocycles. The fraction of sp³-hybridized carbons (Fsp3) is 0.261. The average molecular weight is 421 g/mol. The molecule has 0 bridgehead atoms. The van der Waals surface area contributed by atoms with Gasteiger partial charge in [-0.05, 0) is 36.3 Å². The van der Waals surface area contributed by atoms with Gasteiger partial charge in [-0.2, -0.15) is 4.98 Å².